The summed E-state index contributed by atoms with van der Waals surface area (Å²) in [5, 5.41) is 0. The van der Waals surface area contributed by atoms with Gasteiger partial charge in [0.1, 0.15) is 0 Å². The number of methoxy groups -OCH3 is 1. The van der Waals surface area contributed by atoms with Crippen LogP contribution >= 0.6 is 0 Å². The van der Waals surface area contributed by atoms with E-state index in [9.17, 15) is 12.8 Å². The molecule has 3 N–H and O–H groups in total. The van der Waals surface area contributed by atoms with Gasteiger partial charge in [-0.05, 0) is 25.0 Å². The fourth-order valence-electron chi connectivity index (χ4n) is 1.74. The van der Waals surface area contributed by atoms with Crippen LogP contribution in [0.2, 0.25) is 0 Å². The number of hydrogen-bond acceptors (Lipinski definition) is 4. The lowest BCUT2D eigenvalue weighted by molar-refractivity contribution is 0.388. The van der Waals surface area contributed by atoms with Gasteiger partial charge in [-0.25, -0.2) is 17.5 Å². The Kier molecular flexibility index (Phi) is 5.35. The summed E-state index contributed by atoms with van der Waals surface area (Å²) in [4.78, 5) is -0.205. The zero-order chi connectivity index (χ0) is 15.5. The summed E-state index contributed by atoms with van der Waals surface area (Å²) in [5.74, 6) is -0.784. The Morgan fingerprint density at radius 2 is 2.00 bits per heavy atom. The van der Waals surface area contributed by atoms with Crippen LogP contribution in [0.4, 0.5) is 10.1 Å². The monoisotopic (exact) mass is 304 g/mol. The van der Waals surface area contributed by atoms with Crippen LogP contribution in [0.5, 0.6) is 5.75 Å². The second-order valence-electron chi connectivity index (χ2n) is 4.82. The number of ether oxygens (including phenoxy) is 1. The molecule has 0 bridgehead atoms. The van der Waals surface area contributed by atoms with Crippen LogP contribution in [0.25, 0.3) is 0 Å². The molecule has 0 fully saturated rings. The quantitative estimate of drug-likeness (QED) is 0.789. The number of benzene rings is 1. The molecule has 0 amide bonds. The predicted molar refractivity (Wildman–Crippen MR) is 76.6 cm³/mol. The largest absolute Gasteiger partial charge is 0.492 e. The van der Waals surface area contributed by atoms with Crippen molar-refractivity contribution in [1.82, 2.24) is 4.72 Å². The minimum atomic E-state index is -3.81. The second kappa shape index (κ2) is 6.41. The zero-order valence-corrected chi connectivity index (χ0v) is 12.9. The first kappa shape index (κ1) is 16.7. The van der Waals surface area contributed by atoms with Gasteiger partial charge in [-0.1, -0.05) is 20.3 Å². The van der Waals surface area contributed by atoms with Gasteiger partial charge in [0.25, 0.3) is 0 Å². The molecular weight excluding hydrogens is 283 g/mol. The number of anilines is 1. The Morgan fingerprint density at radius 3 is 2.45 bits per heavy atom. The van der Waals surface area contributed by atoms with Crippen molar-refractivity contribution in [2.24, 2.45) is 5.92 Å². The molecular formula is C13H21FN2O3S. The van der Waals surface area contributed by atoms with Gasteiger partial charge in [0, 0.05) is 6.04 Å². The number of nitrogen functional groups attached to an aromatic ring is 1. The number of hydrogen-bond donors (Lipinski definition) is 2. The van der Waals surface area contributed by atoms with Crippen LogP contribution < -0.4 is 15.2 Å². The Bertz CT molecular complexity index is 552. The van der Waals surface area contributed by atoms with Crippen molar-refractivity contribution in [3.8, 4) is 5.75 Å². The van der Waals surface area contributed by atoms with Crippen LogP contribution in [0.15, 0.2) is 17.0 Å². The molecule has 20 heavy (non-hydrogen) atoms. The Balaban J connectivity index is 3.11. The minimum Gasteiger partial charge on any atom is -0.492 e. The first-order chi connectivity index (χ1) is 9.22. The highest BCUT2D eigenvalue weighted by Gasteiger charge is 2.23. The second-order valence-corrected chi connectivity index (χ2v) is 6.54. The molecule has 0 radical (unpaired) electrons. The molecule has 1 rings (SSSR count). The van der Waals surface area contributed by atoms with Gasteiger partial charge in [-0.3, -0.25) is 0 Å². The van der Waals surface area contributed by atoms with Crippen molar-refractivity contribution in [1.29, 1.82) is 0 Å². The normalized spacial score (nSPS) is 14.8. The fraction of sp³-hybridized carbons (Fsp3) is 0.538. The molecule has 1 aromatic rings. The molecule has 0 aliphatic rings. The van der Waals surface area contributed by atoms with E-state index < -0.39 is 15.8 Å². The highest BCUT2D eigenvalue weighted by molar-refractivity contribution is 7.89. The molecule has 5 nitrogen and oxygen atoms in total. The van der Waals surface area contributed by atoms with Gasteiger partial charge in [0.2, 0.25) is 10.0 Å². The maximum absolute atomic E-state index is 13.7. The lowest BCUT2D eigenvalue weighted by atomic mass is 10.0. The van der Waals surface area contributed by atoms with Crippen LogP contribution in [-0.2, 0) is 10.0 Å². The molecule has 0 aromatic heterocycles. The van der Waals surface area contributed by atoms with Gasteiger partial charge in [-0.15, -0.1) is 0 Å². The number of nitrogens with two attached hydrogens (primary N) is 1. The van der Waals surface area contributed by atoms with Crippen molar-refractivity contribution >= 4 is 15.7 Å². The summed E-state index contributed by atoms with van der Waals surface area (Å²) in [6.07, 6.45) is 0.836. The van der Waals surface area contributed by atoms with Crippen LogP contribution in [-0.4, -0.2) is 21.6 Å². The van der Waals surface area contributed by atoms with Gasteiger partial charge >= 0.3 is 0 Å². The van der Waals surface area contributed by atoms with Gasteiger partial charge in [0.15, 0.2) is 11.6 Å². The third-order valence-corrected chi connectivity index (χ3v) is 4.94. The third-order valence-electron chi connectivity index (χ3n) is 3.40. The molecule has 0 saturated heterocycles. The van der Waals surface area contributed by atoms with E-state index in [0.717, 1.165) is 12.5 Å². The maximum Gasteiger partial charge on any atom is 0.241 e. The maximum atomic E-state index is 13.7. The van der Waals surface area contributed by atoms with E-state index in [2.05, 4.69) is 4.72 Å². The topological polar surface area (TPSA) is 81.4 Å². The summed E-state index contributed by atoms with van der Waals surface area (Å²) >= 11 is 0. The van der Waals surface area contributed by atoms with E-state index in [0.29, 0.717) is 0 Å². The molecule has 0 aliphatic heterocycles. The van der Waals surface area contributed by atoms with E-state index >= 15 is 0 Å². The Hall–Kier alpha value is -1.34. The van der Waals surface area contributed by atoms with Crippen molar-refractivity contribution in [3.63, 3.8) is 0 Å². The Labute approximate surface area is 119 Å². The number of rotatable bonds is 6. The smallest absolute Gasteiger partial charge is 0.241 e. The molecule has 2 atom stereocenters. The highest BCUT2D eigenvalue weighted by atomic mass is 32.2. The van der Waals surface area contributed by atoms with E-state index in [4.69, 9.17) is 10.5 Å². The van der Waals surface area contributed by atoms with E-state index in [1.165, 1.54) is 13.2 Å². The van der Waals surface area contributed by atoms with Crippen molar-refractivity contribution < 1.29 is 17.5 Å². The molecule has 7 heteroatoms. The summed E-state index contributed by atoms with van der Waals surface area (Å²) < 4.78 is 45.4. The average Bonchev–Trinajstić information content (AvgIpc) is 2.36. The molecule has 0 heterocycles. The molecule has 114 valence electrons. The number of halogens is 1. The van der Waals surface area contributed by atoms with Crippen LogP contribution in [0.1, 0.15) is 27.2 Å². The first-order valence-electron chi connectivity index (χ1n) is 6.38. The lowest BCUT2D eigenvalue weighted by Crippen LogP contribution is -2.36. The zero-order valence-electron chi connectivity index (χ0n) is 12.1. The van der Waals surface area contributed by atoms with Crippen molar-refractivity contribution in [2.45, 2.75) is 38.1 Å². The van der Waals surface area contributed by atoms with Gasteiger partial charge in [0.05, 0.1) is 17.7 Å². The molecule has 2 unspecified atom stereocenters. The number of sulfonamides is 1. The molecule has 1 aromatic carbocycles. The van der Waals surface area contributed by atoms with E-state index in [1.54, 1.807) is 6.92 Å². The summed E-state index contributed by atoms with van der Waals surface area (Å²) in [7, 11) is -2.54. The van der Waals surface area contributed by atoms with Crippen molar-refractivity contribution in [2.75, 3.05) is 12.8 Å². The highest BCUT2D eigenvalue weighted by Crippen LogP contribution is 2.28. The van der Waals surface area contributed by atoms with Crippen LogP contribution in [0, 0.1) is 11.7 Å². The molecule has 0 aliphatic carbocycles. The molecule has 0 saturated carbocycles. The van der Waals surface area contributed by atoms with E-state index in [1.807, 2.05) is 13.8 Å². The fourth-order valence-corrected chi connectivity index (χ4v) is 3.14. The SMILES string of the molecule is CCC(C)C(C)NS(=O)(=O)c1cc(N)c(OC)c(F)c1. The summed E-state index contributed by atoms with van der Waals surface area (Å²) in [5.41, 5.74) is 5.54. The van der Waals surface area contributed by atoms with Crippen LogP contribution in [0.3, 0.4) is 0 Å². The molecule has 0 spiro atoms. The summed E-state index contributed by atoms with van der Waals surface area (Å²) in [6, 6.07) is 1.84. The average molecular weight is 304 g/mol. The predicted octanol–water partition coefficient (Wildman–Crippen LogP) is 2.13. The first-order valence-corrected chi connectivity index (χ1v) is 7.86. The van der Waals surface area contributed by atoms with Gasteiger partial charge < -0.3 is 10.5 Å². The summed E-state index contributed by atoms with van der Waals surface area (Å²) in [6.45, 7) is 5.69. The van der Waals surface area contributed by atoms with Gasteiger partial charge in [-0.2, -0.15) is 0 Å². The minimum absolute atomic E-state index is 0.0518. The number of nitrogens with one attached hydrogen (secondary N) is 1. The van der Waals surface area contributed by atoms with E-state index in [-0.39, 0.29) is 28.3 Å². The third kappa shape index (κ3) is 3.61. The lowest BCUT2D eigenvalue weighted by Gasteiger charge is -2.20. The Morgan fingerprint density at radius 1 is 1.40 bits per heavy atom. The van der Waals surface area contributed by atoms with Crippen molar-refractivity contribution in [3.05, 3.63) is 17.9 Å². The standard InChI is InChI=1S/C13H21FN2O3S/c1-5-8(2)9(3)16-20(17,18)10-6-11(14)13(19-4)12(15)7-10/h6-9,16H,5,15H2,1-4H3.